The fourth-order valence-corrected chi connectivity index (χ4v) is 5.70. The van der Waals surface area contributed by atoms with Gasteiger partial charge in [-0.15, -0.1) is 10.2 Å². The maximum atomic E-state index is 13.4. The largest absolute Gasteiger partial charge is 0.368 e. The zero-order chi connectivity index (χ0) is 27.6. The summed E-state index contributed by atoms with van der Waals surface area (Å²) >= 11 is 0. The smallest absolute Gasteiger partial charge is 0.262 e. The number of hydrogen-bond acceptors (Lipinski definition) is 5. The van der Waals surface area contributed by atoms with Gasteiger partial charge in [-0.05, 0) is 55.2 Å². The number of para-hydroxylation sites is 1. The average Bonchev–Trinajstić information content (AvgIpc) is 3.41. The number of hydrogen-bond donors (Lipinski definition) is 0. The average molecular weight is 535 g/mol. The summed E-state index contributed by atoms with van der Waals surface area (Å²) in [6.07, 6.45) is 1.52. The van der Waals surface area contributed by atoms with Gasteiger partial charge in [-0.2, -0.15) is 0 Å². The molecule has 1 amide bonds. The number of piperazine rings is 1. The van der Waals surface area contributed by atoms with Gasteiger partial charge in [0.05, 0.1) is 10.9 Å². The molecule has 0 N–H and O–H groups in total. The maximum Gasteiger partial charge on any atom is 0.262 e. The molecule has 6 rings (SSSR count). The summed E-state index contributed by atoms with van der Waals surface area (Å²) in [4.78, 5) is 31.0. The number of anilines is 1. The molecule has 1 aliphatic heterocycles. The lowest BCUT2D eigenvalue weighted by molar-refractivity contribution is -0.131. The second-order valence-corrected chi connectivity index (χ2v) is 10.6. The summed E-state index contributed by atoms with van der Waals surface area (Å²) in [6.45, 7) is 7.80. The van der Waals surface area contributed by atoms with Crippen molar-refractivity contribution in [2.75, 3.05) is 31.1 Å². The van der Waals surface area contributed by atoms with E-state index in [1.165, 1.54) is 16.8 Å². The molecule has 0 aliphatic carbocycles. The van der Waals surface area contributed by atoms with Crippen LogP contribution in [0.2, 0.25) is 0 Å². The van der Waals surface area contributed by atoms with E-state index in [-0.39, 0.29) is 11.5 Å². The van der Waals surface area contributed by atoms with Crippen LogP contribution in [0.4, 0.5) is 5.69 Å². The molecule has 2 aromatic heterocycles. The minimum Gasteiger partial charge on any atom is -0.368 e. The number of carbonyl (C=O) groups is 1. The molecule has 1 saturated heterocycles. The van der Waals surface area contributed by atoms with Crippen LogP contribution >= 0.6 is 0 Å². The van der Waals surface area contributed by atoms with Crippen molar-refractivity contribution in [3.05, 3.63) is 106 Å². The van der Waals surface area contributed by atoms with Gasteiger partial charge in [0.15, 0.2) is 0 Å². The van der Waals surface area contributed by atoms with E-state index in [1.54, 1.807) is 4.57 Å². The predicted octanol–water partition coefficient (Wildman–Crippen LogP) is 4.19. The zero-order valence-electron chi connectivity index (χ0n) is 23.1. The lowest BCUT2D eigenvalue weighted by Gasteiger charge is -2.37. The van der Waals surface area contributed by atoms with Crippen molar-refractivity contribution in [2.24, 2.45) is 0 Å². The molecule has 40 heavy (non-hydrogen) atoms. The Hall–Kier alpha value is -4.46. The van der Waals surface area contributed by atoms with Crippen molar-refractivity contribution in [3.8, 4) is 0 Å². The summed E-state index contributed by atoms with van der Waals surface area (Å²) < 4.78 is 3.66. The highest BCUT2D eigenvalue weighted by atomic mass is 16.2. The molecule has 0 saturated carbocycles. The number of fused-ring (bicyclic) bond motifs is 3. The van der Waals surface area contributed by atoms with Crippen molar-refractivity contribution in [3.63, 3.8) is 0 Å². The van der Waals surface area contributed by atoms with E-state index in [1.807, 2.05) is 51.8 Å². The lowest BCUT2D eigenvalue weighted by atomic mass is 10.1. The number of aryl methyl sites for hydroxylation is 5. The van der Waals surface area contributed by atoms with E-state index < -0.39 is 0 Å². The monoisotopic (exact) mass is 534 g/mol. The number of rotatable bonds is 7. The summed E-state index contributed by atoms with van der Waals surface area (Å²) in [5.74, 6) is 1.34. The Morgan fingerprint density at radius 2 is 1.60 bits per heavy atom. The van der Waals surface area contributed by atoms with Gasteiger partial charge in [0.2, 0.25) is 11.7 Å². The second-order valence-electron chi connectivity index (χ2n) is 10.6. The zero-order valence-corrected chi connectivity index (χ0v) is 23.1. The van der Waals surface area contributed by atoms with Gasteiger partial charge in [0.1, 0.15) is 5.82 Å². The maximum absolute atomic E-state index is 13.4. The minimum atomic E-state index is -0.0734. The van der Waals surface area contributed by atoms with Crippen LogP contribution in [0.5, 0.6) is 0 Å². The van der Waals surface area contributed by atoms with E-state index in [9.17, 15) is 9.59 Å². The number of carbonyl (C=O) groups excluding carboxylic acids is 1. The van der Waals surface area contributed by atoms with Gasteiger partial charge < -0.3 is 9.80 Å². The number of nitrogens with zero attached hydrogens (tertiary/aromatic N) is 6. The number of benzene rings is 3. The van der Waals surface area contributed by atoms with Crippen LogP contribution in [0.15, 0.2) is 77.6 Å². The minimum absolute atomic E-state index is 0.0734. The molecule has 204 valence electrons. The van der Waals surface area contributed by atoms with Crippen LogP contribution in [0.1, 0.15) is 28.9 Å². The molecule has 0 spiro atoms. The molecule has 8 nitrogen and oxygen atoms in total. The Morgan fingerprint density at radius 3 is 2.40 bits per heavy atom. The highest BCUT2D eigenvalue weighted by Gasteiger charge is 2.23. The van der Waals surface area contributed by atoms with Crippen LogP contribution in [0.25, 0.3) is 16.7 Å². The summed E-state index contributed by atoms with van der Waals surface area (Å²) in [5.41, 5.74) is 5.62. The topological polar surface area (TPSA) is 75.7 Å². The second kappa shape index (κ2) is 11.0. The van der Waals surface area contributed by atoms with Crippen molar-refractivity contribution >= 4 is 28.3 Å². The first kappa shape index (κ1) is 25.8. The Labute approximate surface area is 233 Å². The quantitative estimate of drug-likeness (QED) is 0.313. The van der Waals surface area contributed by atoms with Crippen LogP contribution < -0.4 is 10.5 Å². The van der Waals surface area contributed by atoms with Crippen LogP contribution in [-0.4, -0.2) is 56.2 Å². The molecule has 0 bridgehead atoms. The van der Waals surface area contributed by atoms with Gasteiger partial charge in [-0.25, -0.2) is 0 Å². The fraction of sp³-hybridized carbons (Fsp3) is 0.312. The summed E-state index contributed by atoms with van der Waals surface area (Å²) in [7, 11) is 0. The first-order valence-corrected chi connectivity index (χ1v) is 14.0. The van der Waals surface area contributed by atoms with Gasteiger partial charge >= 0.3 is 0 Å². The molecular weight excluding hydrogens is 500 g/mol. The third-order valence-electron chi connectivity index (χ3n) is 7.94. The third-order valence-corrected chi connectivity index (χ3v) is 7.94. The first-order valence-electron chi connectivity index (χ1n) is 14.0. The summed E-state index contributed by atoms with van der Waals surface area (Å²) in [5, 5.41) is 9.52. The number of amides is 1. The standard InChI is InChI=1S/C32H34N6O2/c1-23-12-13-24(2)28(22-23)35-18-20-36(21-19-35)30(39)15-14-29-33-34-32-37(17-16-25-8-4-3-5-9-25)31(40)26-10-6-7-11-27(26)38(29)32/h3-13,22H,14-21H2,1-2H3. The van der Waals surface area contributed by atoms with Crippen molar-refractivity contribution < 1.29 is 4.79 Å². The van der Waals surface area contributed by atoms with Gasteiger partial charge in [0.25, 0.3) is 5.56 Å². The Morgan fingerprint density at radius 1 is 0.850 bits per heavy atom. The Balaban J connectivity index is 1.19. The normalized spacial score (nSPS) is 13.8. The molecule has 1 fully saturated rings. The van der Waals surface area contributed by atoms with Gasteiger partial charge in [0, 0.05) is 51.3 Å². The van der Waals surface area contributed by atoms with Gasteiger partial charge in [-0.3, -0.25) is 18.6 Å². The molecule has 5 aromatic rings. The molecule has 3 heterocycles. The number of aromatic nitrogens is 4. The predicted molar refractivity (Wildman–Crippen MR) is 158 cm³/mol. The van der Waals surface area contributed by atoms with E-state index in [4.69, 9.17) is 0 Å². The Bertz CT molecular complexity index is 1730. The summed E-state index contributed by atoms with van der Waals surface area (Å²) in [6, 6.07) is 24.2. The molecule has 0 unspecified atom stereocenters. The highest BCUT2D eigenvalue weighted by Crippen LogP contribution is 2.23. The first-order chi connectivity index (χ1) is 19.5. The lowest BCUT2D eigenvalue weighted by Crippen LogP contribution is -2.49. The molecular formula is C32H34N6O2. The van der Waals surface area contributed by atoms with E-state index in [2.05, 4.69) is 59.3 Å². The fourth-order valence-electron chi connectivity index (χ4n) is 5.70. The highest BCUT2D eigenvalue weighted by molar-refractivity contribution is 5.80. The SMILES string of the molecule is Cc1ccc(C)c(N2CCN(C(=O)CCc3nnc4n(CCc5ccccc5)c(=O)c5ccccc5n34)CC2)c1. The van der Waals surface area contributed by atoms with Crippen molar-refractivity contribution in [1.82, 2.24) is 24.1 Å². The molecule has 1 aliphatic rings. The van der Waals surface area contributed by atoms with Crippen molar-refractivity contribution in [1.29, 1.82) is 0 Å². The Kier molecular flexibility index (Phi) is 7.07. The third kappa shape index (κ3) is 4.97. The van der Waals surface area contributed by atoms with Gasteiger partial charge in [-0.1, -0.05) is 54.6 Å². The molecule has 8 heteroatoms. The molecule has 0 atom stereocenters. The van der Waals surface area contributed by atoms with Crippen LogP contribution in [0.3, 0.4) is 0 Å². The van der Waals surface area contributed by atoms with Crippen molar-refractivity contribution in [2.45, 2.75) is 39.7 Å². The van der Waals surface area contributed by atoms with E-state index in [0.29, 0.717) is 55.9 Å². The van der Waals surface area contributed by atoms with Crippen LogP contribution in [0, 0.1) is 13.8 Å². The van der Waals surface area contributed by atoms with E-state index >= 15 is 0 Å². The van der Waals surface area contributed by atoms with E-state index in [0.717, 1.165) is 24.2 Å². The molecule has 3 aromatic carbocycles. The van der Waals surface area contributed by atoms with Crippen LogP contribution in [-0.2, 0) is 24.2 Å². The molecule has 0 radical (unpaired) electrons.